The molecule has 4 heteroatoms. The lowest BCUT2D eigenvalue weighted by Crippen LogP contribution is -2.26. The Labute approximate surface area is 185 Å². The van der Waals surface area contributed by atoms with Crippen LogP contribution >= 0.6 is 11.6 Å². The maximum absolute atomic E-state index is 6.00. The highest BCUT2D eigenvalue weighted by atomic mass is 35.5. The Bertz CT molecular complexity index is 897. The van der Waals surface area contributed by atoms with E-state index in [0.717, 1.165) is 41.5 Å². The van der Waals surface area contributed by atoms with Gasteiger partial charge >= 0.3 is 0 Å². The Morgan fingerprint density at radius 1 is 0.833 bits per heavy atom. The van der Waals surface area contributed by atoms with E-state index in [1.54, 1.807) is 0 Å². The summed E-state index contributed by atoms with van der Waals surface area (Å²) in [5.74, 6) is 1.54. The van der Waals surface area contributed by atoms with Gasteiger partial charge in [-0.25, -0.2) is 0 Å². The summed E-state index contributed by atoms with van der Waals surface area (Å²) in [6.07, 6.45) is 2.18. The summed E-state index contributed by atoms with van der Waals surface area (Å²) in [6.45, 7) is 6.09. The molecule has 0 heterocycles. The standard InChI is InChI=1S/C26H30ClNO2/c1-3-29-26-17-23(18-28-20(2)9-10-21-7-5-4-6-8-21)13-16-25(26)30-19-22-11-14-24(27)15-12-22/h4-8,11-17,20,28H,3,9-10,18-19H2,1-2H3/t20-/m1/s1. The van der Waals surface area contributed by atoms with E-state index in [9.17, 15) is 0 Å². The Morgan fingerprint density at radius 3 is 2.30 bits per heavy atom. The highest BCUT2D eigenvalue weighted by Gasteiger charge is 2.09. The fourth-order valence-electron chi connectivity index (χ4n) is 3.21. The van der Waals surface area contributed by atoms with E-state index in [1.165, 1.54) is 11.1 Å². The lowest BCUT2D eigenvalue weighted by molar-refractivity contribution is 0.269. The Kier molecular flexibility index (Phi) is 8.61. The minimum absolute atomic E-state index is 0.432. The fraction of sp³-hybridized carbons (Fsp3) is 0.308. The SMILES string of the molecule is CCOc1cc(CN[C@H](C)CCc2ccccc2)ccc1OCc1ccc(Cl)cc1. The fourth-order valence-corrected chi connectivity index (χ4v) is 3.34. The first-order valence-corrected chi connectivity index (χ1v) is 10.9. The minimum atomic E-state index is 0.432. The van der Waals surface area contributed by atoms with Gasteiger partial charge < -0.3 is 14.8 Å². The number of nitrogens with one attached hydrogen (secondary N) is 1. The molecule has 0 unspecified atom stereocenters. The Balaban J connectivity index is 1.53. The molecule has 0 spiro atoms. The van der Waals surface area contributed by atoms with E-state index in [2.05, 4.69) is 54.7 Å². The molecule has 0 saturated heterocycles. The zero-order chi connectivity index (χ0) is 21.2. The smallest absolute Gasteiger partial charge is 0.161 e. The van der Waals surface area contributed by atoms with Crippen LogP contribution in [0.15, 0.2) is 72.8 Å². The van der Waals surface area contributed by atoms with Crippen LogP contribution in [0, 0.1) is 0 Å². The minimum Gasteiger partial charge on any atom is -0.490 e. The second-order valence-corrected chi connectivity index (χ2v) is 7.87. The van der Waals surface area contributed by atoms with Gasteiger partial charge in [-0.2, -0.15) is 0 Å². The summed E-state index contributed by atoms with van der Waals surface area (Å²) < 4.78 is 11.8. The quantitative estimate of drug-likeness (QED) is 0.385. The molecule has 30 heavy (non-hydrogen) atoms. The predicted molar refractivity (Wildman–Crippen MR) is 124 cm³/mol. The third kappa shape index (κ3) is 7.08. The first-order chi connectivity index (χ1) is 14.6. The first kappa shape index (κ1) is 22.2. The normalized spacial score (nSPS) is 11.8. The van der Waals surface area contributed by atoms with Gasteiger partial charge in [0, 0.05) is 17.6 Å². The van der Waals surface area contributed by atoms with Crippen molar-refractivity contribution >= 4 is 11.6 Å². The number of hydrogen-bond donors (Lipinski definition) is 1. The van der Waals surface area contributed by atoms with Crippen LogP contribution in [-0.2, 0) is 19.6 Å². The molecule has 0 bridgehead atoms. The van der Waals surface area contributed by atoms with Gasteiger partial charge in [-0.05, 0) is 67.6 Å². The number of benzene rings is 3. The van der Waals surface area contributed by atoms with Crippen LogP contribution in [0.25, 0.3) is 0 Å². The number of halogens is 1. The van der Waals surface area contributed by atoms with Crippen molar-refractivity contribution < 1.29 is 9.47 Å². The van der Waals surface area contributed by atoms with Gasteiger partial charge in [0.05, 0.1) is 6.61 Å². The van der Waals surface area contributed by atoms with Gasteiger partial charge in [-0.15, -0.1) is 0 Å². The molecule has 3 aromatic rings. The number of hydrogen-bond acceptors (Lipinski definition) is 3. The third-order valence-corrected chi connectivity index (χ3v) is 5.23. The molecular weight excluding hydrogens is 394 g/mol. The largest absolute Gasteiger partial charge is 0.490 e. The van der Waals surface area contributed by atoms with Crippen molar-refractivity contribution in [2.24, 2.45) is 0 Å². The number of rotatable bonds is 11. The van der Waals surface area contributed by atoms with E-state index in [-0.39, 0.29) is 0 Å². The molecule has 0 aliphatic carbocycles. The molecule has 0 radical (unpaired) electrons. The highest BCUT2D eigenvalue weighted by Crippen LogP contribution is 2.29. The second-order valence-electron chi connectivity index (χ2n) is 7.44. The van der Waals surface area contributed by atoms with Crippen molar-refractivity contribution in [3.8, 4) is 11.5 Å². The van der Waals surface area contributed by atoms with Gasteiger partial charge in [-0.3, -0.25) is 0 Å². The molecule has 158 valence electrons. The van der Waals surface area contributed by atoms with Gasteiger partial charge in [0.25, 0.3) is 0 Å². The van der Waals surface area contributed by atoms with E-state index in [0.29, 0.717) is 19.3 Å². The molecule has 0 aliphatic heterocycles. The van der Waals surface area contributed by atoms with Gasteiger partial charge in [0.1, 0.15) is 6.61 Å². The molecular formula is C26H30ClNO2. The second kappa shape index (κ2) is 11.6. The number of ether oxygens (including phenoxy) is 2. The zero-order valence-electron chi connectivity index (χ0n) is 17.7. The summed E-state index contributed by atoms with van der Waals surface area (Å²) in [4.78, 5) is 0. The van der Waals surface area contributed by atoms with Crippen molar-refractivity contribution in [2.75, 3.05) is 6.61 Å². The zero-order valence-corrected chi connectivity index (χ0v) is 18.5. The molecule has 1 N–H and O–H groups in total. The van der Waals surface area contributed by atoms with E-state index >= 15 is 0 Å². The topological polar surface area (TPSA) is 30.5 Å². The predicted octanol–water partition coefficient (Wildman–Crippen LogP) is 6.43. The maximum Gasteiger partial charge on any atom is 0.161 e. The summed E-state index contributed by atoms with van der Waals surface area (Å²) >= 11 is 5.95. The van der Waals surface area contributed by atoms with Crippen molar-refractivity contribution in [3.63, 3.8) is 0 Å². The molecule has 0 amide bonds. The monoisotopic (exact) mass is 423 g/mol. The molecule has 0 aromatic heterocycles. The van der Waals surface area contributed by atoms with Crippen LogP contribution < -0.4 is 14.8 Å². The summed E-state index contributed by atoms with van der Waals surface area (Å²) in [6, 6.07) is 24.9. The summed E-state index contributed by atoms with van der Waals surface area (Å²) in [7, 11) is 0. The van der Waals surface area contributed by atoms with Crippen LogP contribution in [0.5, 0.6) is 11.5 Å². The van der Waals surface area contributed by atoms with Crippen molar-refractivity contribution in [2.45, 2.75) is 45.9 Å². The average molecular weight is 424 g/mol. The van der Waals surface area contributed by atoms with Crippen molar-refractivity contribution in [3.05, 3.63) is 94.5 Å². The van der Waals surface area contributed by atoms with Crippen LogP contribution in [-0.4, -0.2) is 12.6 Å². The summed E-state index contributed by atoms with van der Waals surface area (Å²) in [5.41, 5.74) is 3.63. The molecule has 1 atom stereocenters. The molecule has 0 fully saturated rings. The number of aryl methyl sites for hydroxylation is 1. The molecule has 3 rings (SSSR count). The molecule has 0 aliphatic rings. The molecule has 3 aromatic carbocycles. The van der Waals surface area contributed by atoms with Crippen molar-refractivity contribution in [1.82, 2.24) is 5.32 Å². The molecule has 3 nitrogen and oxygen atoms in total. The van der Waals surface area contributed by atoms with Crippen LogP contribution in [0.4, 0.5) is 0 Å². The van der Waals surface area contributed by atoms with Crippen molar-refractivity contribution in [1.29, 1.82) is 0 Å². The Morgan fingerprint density at radius 2 is 1.57 bits per heavy atom. The lowest BCUT2D eigenvalue weighted by atomic mass is 10.1. The van der Waals surface area contributed by atoms with E-state index in [1.807, 2.05) is 37.3 Å². The molecule has 0 saturated carbocycles. The third-order valence-electron chi connectivity index (χ3n) is 4.98. The summed E-state index contributed by atoms with van der Waals surface area (Å²) in [5, 5.41) is 4.34. The van der Waals surface area contributed by atoms with Crippen LogP contribution in [0.1, 0.15) is 37.0 Å². The Hall–Kier alpha value is -2.49. The van der Waals surface area contributed by atoms with E-state index in [4.69, 9.17) is 21.1 Å². The van der Waals surface area contributed by atoms with Gasteiger partial charge in [0.15, 0.2) is 11.5 Å². The van der Waals surface area contributed by atoms with Gasteiger partial charge in [-0.1, -0.05) is 60.1 Å². The average Bonchev–Trinajstić information content (AvgIpc) is 2.77. The van der Waals surface area contributed by atoms with Crippen LogP contribution in [0.3, 0.4) is 0 Å². The maximum atomic E-state index is 6.00. The lowest BCUT2D eigenvalue weighted by Gasteiger charge is -2.16. The first-order valence-electron chi connectivity index (χ1n) is 10.5. The van der Waals surface area contributed by atoms with Crippen LogP contribution in [0.2, 0.25) is 5.02 Å². The highest BCUT2D eigenvalue weighted by molar-refractivity contribution is 6.30. The van der Waals surface area contributed by atoms with Gasteiger partial charge in [0.2, 0.25) is 0 Å². The van der Waals surface area contributed by atoms with E-state index < -0.39 is 0 Å².